The van der Waals surface area contributed by atoms with E-state index in [2.05, 4.69) is 10.6 Å². The van der Waals surface area contributed by atoms with E-state index in [1.807, 2.05) is 19.0 Å². The van der Waals surface area contributed by atoms with Crippen LogP contribution in [0.1, 0.15) is 0 Å². The van der Waals surface area contributed by atoms with Gasteiger partial charge >= 0.3 is 0 Å². The lowest BCUT2D eigenvalue weighted by Crippen LogP contribution is -2.34. The van der Waals surface area contributed by atoms with Gasteiger partial charge < -0.3 is 15.5 Å². The standard InChI is InChI=1S/C12H18FN3O/c1-16(2)8-7-14-12(17)9-15-11-5-3-10(13)4-6-11/h3-6,15H,7-9H2,1-2H3,(H,14,17). The lowest BCUT2D eigenvalue weighted by molar-refractivity contribution is -0.119. The van der Waals surface area contributed by atoms with Gasteiger partial charge in [0.15, 0.2) is 0 Å². The highest BCUT2D eigenvalue weighted by Crippen LogP contribution is 2.07. The average molecular weight is 239 g/mol. The monoisotopic (exact) mass is 239 g/mol. The summed E-state index contributed by atoms with van der Waals surface area (Å²) in [5.74, 6) is -0.359. The summed E-state index contributed by atoms with van der Waals surface area (Å²) in [4.78, 5) is 13.4. The Labute approximate surface area is 101 Å². The van der Waals surface area contributed by atoms with E-state index in [1.54, 1.807) is 12.1 Å². The van der Waals surface area contributed by atoms with Gasteiger partial charge in [-0.25, -0.2) is 4.39 Å². The molecule has 4 nitrogen and oxygen atoms in total. The maximum Gasteiger partial charge on any atom is 0.239 e. The second kappa shape index (κ2) is 6.85. The second-order valence-electron chi connectivity index (χ2n) is 4.01. The molecule has 0 atom stereocenters. The first-order chi connectivity index (χ1) is 8.08. The minimum Gasteiger partial charge on any atom is -0.376 e. The van der Waals surface area contributed by atoms with Crippen LogP contribution in [0.4, 0.5) is 10.1 Å². The highest BCUT2D eigenvalue weighted by molar-refractivity contribution is 5.80. The average Bonchev–Trinajstić information content (AvgIpc) is 2.28. The van der Waals surface area contributed by atoms with Gasteiger partial charge in [-0.05, 0) is 38.4 Å². The van der Waals surface area contributed by atoms with Gasteiger partial charge in [-0.1, -0.05) is 0 Å². The molecule has 2 N–H and O–H groups in total. The first-order valence-electron chi connectivity index (χ1n) is 5.49. The number of benzene rings is 1. The summed E-state index contributed by atoms with van der Waals surface area (Å²) in [5, 5.41) is 5.70. The molecule has 0 saturated heterocycles. The molecule has 0 aromatic heterocycles. The van der Waals surface area contributed by atoms with Crippen molar-refractivity contribution in [2.45, 2.75) is 0 Å². The molecule has 1 rings (SSSR count). The Hall–Kier alpha value is -1.62. The van der Waals surface area contributed by atoms with E-state index >= 15 is 0 Å². The lowest BCUT2D eigenvalue weighted by Gasteiger charge is -2.11. The van der Waals surface area contributed by atoms with E-state index in [4.69, 9.17) is 0 Å². The number of carbonyl (C=O) groups excluding carboxylic acids is 1. The van der Waals surface area contributed by atoms with E-state index in [-0.39, 0.29) is 18.3 Å². The van der Waals surface area contributed by atoms with Crippen LogP contribution in [0.25, 0.3) is 0 Å². The minimum atomic E-state index is -0.286. The Kier molecular flexibility index (Phi) is 5.42. The van der Waals surface area contributed by atoms with Crippen molar-refractivity contribution in [1.29, 1.82) is 0 Å². The fraction of sp³-hybridized carbons (Fsp3) is 0.417. The molecule has 0 bridgehead atoms. The summed E-state index contributed by atoms with van der Waals surface area (Å²) in [6.45, 7) is 1.62. The van der Waals surface area contributed by atoms with Crippen LogP contribution in [0, 0.1) is 5.82 Å². The van der Waals surface area contributed by atoms with Crippen LogP contribution in [0.3, 0.4) is 0 Å². The molecule has 0 fully saturated rings. The van der Waals surface area contributed by atoms with Gasteiger partial charge in [-0.3, -0.25) is 4.79 Å². The second-order valence-corrected chi connectivity index (χ2v) is 4.01. The normalized spacial score (nSPS) is 10.4. The first kappa shape index (κ1) is 13.4. The molecular formula is C12H18FN3O. The van der Waals surface area contributed by atoms with Gasteiger partial charge in [0.25, 0.3) is 0 Å². The predicted molar refractivity (Wildman–Crippen MR) is 66.5 cm³/mol. The number of nitrogens with zero attached hydrogens (tertiary/aromatic N) is 1. The molecule has 0 aliphatic heterocycles. The Bertz CT molecular complexity index is 351. The largest absolute Gasteiger partial charge is 0.376 e. The third kappa shape index (κ3) is 5.87. The SMILES string of the molecule is CN(C)CCNC(=O)CNc1ccc(F)cc1. The summed E-state index contributed by atoms with van der Waals surface area (Å²) in [6.07, 6.45) is 0. The third-order valence-corrected chi connectivity index (χ3v) is 2.18. The van der Waals surface area contributed by atoms with Crippen molar-refractivity contribution >= 4 is 11.6 Å². The van der Waals surface area contributed by atoms with E-state index in [1.165, 1.54) is 12.1 Å². The van der Waals surface area contributed by atoms with E-state index < -0.39 is 0 Å². The van der Waals surface area contributed by atoms with Crippen LogP contribution in [0.5, 0.6) is 0 Å². The number of carbonyl (C=O) groups is 1. The Morgan fingerprint density at radius 1 is 1.29 bits per heavy atom. The van der Waals surface area contributed by atoms with Crippen LogP contribution in [0.2, 0.25) is 0 Å². The molecule has 0 heterocycles. The van der Waals surface area contributed by atoms with E-state index in [0.29, 0.717) is 6.54 Å². The summed E-state index contributed by atoms with van der Waals surface area (Å²) >= 11 is 0. The fourth-order valence-corrected chi connectivity index (χ4v) is 1.23. The maximum atomic E-state index is 12.6. The number of halogens is 1. The van der Waals surface area contributed by atoms with Crippen molar-refractivity contribution in [2.24, 2.45) is 0 Å². The zero-order valence-corrected chi connectivity index (χ0v) is 10.2. The van der Waals surface area contributed by atoms with Gasteiger partial charge in [-0.15, -0.1) is 0 Å². The molecule has 94 valence electrons. The Balaban J connectivity index is 2.21. The van der Waals surface area contributed by atoms with Gasteiger partial charge in [0.2, 0.25) is 5.91 Å². The molecule has 0 radical (unpaired) electrons. The van der Waals surface area contributed by atoms with Crippen LogP contribution >= 0.6 is 0 Å². The lowest BCUT2D eigenvalue weighted by atomic mass is 10.3. The van der Waals surface area contributed by atoms with Crippen molar-refractivity contribution in [3.63, 3.8) is 0 Å². The molecule has 0 saturated carbocycles. The fourth-order valence-electron chi connectivity index (χ4n) is 1.23. The summed E-state index contributed by atoms with van der Waals surface area (Å²) in [6, 6.07) is 5.91. The molecule has 17 heavy (non-hydrogen) atoms. The Morgan fingerprint density at radius 3 is 2.53 bits per heavy atom. The van der Waals surface area contributed by atoms with Crippen molar-refractivity contribution in [3.05, 3.63) is 30.1 Å². The first-order valence-corrected chi connectivity index (χ1v) is 5.49. The van der Waals surface area contributed by atoms with Gasteiger partial charge in [0.05, 0.1) is 6.54 Å². The minimum absolute atomic E-state index is 0.0730. The van der Waals surface area contributed by atoms with Crippen molar-refractivity contribution in [2.75, 3.05) is 39.0 Å². The molecule has 0 aliphatic rings. The molecule has 0 spiro atoms. The highest BCUT2D eigenvalue weighted by atomic mass is 19.1. The molecule has 1 aromatic carbocycles. The Morgan fingerprint density at radius 2 is 1.94 bits per heavy atom. The van der Waals surface area contributed by atoms with Crippen LogP contribution in [-0.2, 0) is 4.79 Å². The van der Waals surface area contributed by atoms with Crippen LogP contribution < -0.4 is 10.6 Å². The number of likely N-dealkylation sites (N-methyl/N-ethyl adjacent to an activating group) is 1. The van der Waals surface area contributed by atoms with Gasteiger partial charge in [0, 0.05) is 18.8 Å². The zero-order valence-electron chi connectivity index (χ0n) is 10.2. The quantitative estimate of drug-likeness (QED) is 0.775. The van der Waals surface area contributed by atoms with E-state index in [9.17, 15) is 9.18 Å². The number of rotatable bonds is 6. The topological polar surface area (TPSA) is 44.4 Å². The summed E-state index contributed by atoms with van der Waals surface area (Å²) in [5.41, 5.74) is 0.731. The third-order valence-electron chi connectivity index (χ3n) is 2.18. The molecule has 0 aliphatic carbocycles. The van der Waals surface area contributed by atoms with Crippen LogP contribution in [-0.4, -0.2) is 44.5 Å². The van der Waals surface area contributed by atoms with E-state index in [0.717, 1.165) is 12.2 Å². The molecule has 1 aromatic rings. The van der Waals surface area contributed by atoms with Gasteiger partial charge in [-0.2, -0.15) is 0 Å². The van der Waals surface area contributed by atoms with Crippen LogP contribution in [0.15, 0.2) is 24.3 Å². The molecule has 5 heteroatoms. The molecular weight excluding hydrogens is 221 g/mol. The zero-order chi connectivity index (χ0) is 12.7. The summed E-state index contributed by atoms with van der Waals surface area (Å²) in [7, 11) is 3.89. The maximum absolute atomic E-state index is 12.6. The molecule has 1 amide bonds. The number of amides is 1. The summed E-state index contributed by atoms with van der Waals surface area (Å²) < 4.78 is 12.6. The number of hydrogen-bond acceptors (Lipinski definition) is 3. The van der Waals surface area contributed by atoms with Crippen molar-refractivity contribution < 1.29 is 9.18 Å². The molecule has 0 unspecified atom stereocenters. The highest BCUT2D eigenvalue weighted by Gasteiger charge is 2.00. The number of hydrogen-bond donors (Lipinski definition) is 2. The number of nitrogens with one attached hydrogen (secondary N) is 2. The smallest absolute Gasteiger partial charge is 0.239 e. The van der Waals surface area contributed by atoms with Gasteiger partial charge in [0.1, 0.15) is 5.82 Å². The predicted octanol–water partition coefficient (Wildman–Crippen LogP) is 0.915. The van der Waals surface area contributed by atoms with Crippen molar-refractivity contribution in [1.82, 2.24) is 10.2 Å². The van der Waals surface area contributed by atoms with Crippen molar-refractivity contribution in [3.8, 4) is 0 Å². The number of anilines is 1.